The van der Waals surface area contributed by atoms with Crippen molar-refractivity contribution in [1.29, 1.82) is 0 Å². The van der Waals surface area contributed by atoms with E-state index in [-0.39, 0.29) is 17.9 Å². The maximum Gasteiger partial charge on any atom is 0.322 e. The fourth-order valence-electron chi connectivity index (χ4n) is 2.33. The molecular weight excluding hydrogens is 372 g/mol. The van der Waals surface area contributed by atoms with E-state index < -0.39 is 21.1 Å². The number of carboxylic acids is 1. The summed E-state index contributed by atoms with van der Waals surface area (Å²) in [5.41, 5.74) is 0.912. The molecule has 0 amide bonds. The van der Waals surface area contributed by atoms with Crippen LogP contribution in [0.2, 0.25) is 0 Å². The van der Waals surface area contributed by atoms with Gasteiger partial charge in [0.2, 0.25) is 0 Å². The third-order valence-corrected chi connectivity index (χ3v) is 6.86. The van der Waals surface area contributed by atoms with E-state index in [0.29, 0.717) is 12.4 Å². The molecule has 1 atom stereocenters. The van der Waals surface area contributed by atoms with Crippen molar-refractivity contribution in [2.45, 2.75) is 28.4 Å². The Morgan fingerprint density at radius 1 is 1.08 bits per heavy atom. The number of ether oxygens (including phenoxy) is 1. The Hall–Kier alpha value is -1.83. The van der Waals surface area contributed by atoms with Crippen LogP contribution in [-0.2, 0) is 19.4 Å². The highest BCUT2D eigenvalue weighted by molar-refractivity contribution is 7.99. The zero-order valence-electron chi connectivity index (χ0n) is 14.5. The van der Waals surface area contributed by atoms with Crippen LogP contribution in [0.25, 0.3) is 0 Å². The summed E-state index contributed by atoms with van der Waals surface area (Å²) in [5, 5.41) is 7.83. The lowest BCUT2D eigenvalue weighted by molar-refractivity contribution is -0.136. The van der Waals surface area contributed by atoms with Gasteiger partial charge >= 0.3 is 5.97 Å². The minimum absolute atomic E-state index is 0.0233. The van der Waals surface area contributed by atoms with Gasteiger partial charge in [-0.25, -0.2) is 8.42 Å². The fourth-order valence-corrected chi connectivity index (χ4v) is 4.63. The number of aliphatic carboxylic acids is 1. The molecule has 0 aliphatic heterocycles. The Kier molecular flexibility index (Phi) is 7.68. The molecule has 0 spiro atoms. The van der Waals surface area contributed by atoms with E-state index in [1.165, 1.54) is 12.1 Å². The van der Waals surface area contributed by atoms with Crippen LogP contribution in [0.4, 0.5) is 0 Å². The highest BCUT2D eigenvalue weighted by atomic mass is 32.2. The molecule has 7 heteroatoms. The van der Waals surface area contributed by atoms with Crippen LogP contribution in [-0.4, -0.2) is 43.7 Å². The van der Waals surface area contributed by atoms with Gasteiger partial charge in [0.05, 0.1) is 11.5 Å². The lowest BCUT2D eigenvalue weighted by Gasteiger charge is -2.14. The first-order chi connectivity index (χ1) is 12.4. The van der Waals surface area contributed by atoms with Crippen molar-refractivity contribution < 1.29 is 23.1 Å². The van der Waals surface area contributed by atoms with Crippen molar-refractivity contribution in [3.63, 3.8) is 0 Å². The van der Waals surface area contributed by atoms with E-state index in [0.717, 1.165) is 10.5 Å². The van der Waals surface area contributed by atoms with E-state index in [2.05, 4.69) is 0 Å². The molecule has 0 aliphatic rings. The monoisotopic (exact) mass is 394 g/mol. The van der Waals surface area contributed by atoms with Crippen molar-refractivity contribution in [3.8, 4) is 0 Å². The number of thioether (sulfide) groups is 1. The van der Waals surface area contributed by atoms with Crippen LogP contribution in [0.1, 0.15) is 12.0 Å². The normalized spacial score (nSPS) is 12.7. The molecule has 1 unspecified atom stereocenters. The first-order valence-corrected chi connectivity index (χ1v) is 10.7. The van der Waals surface area contributed by atoms with E-state index in [9.17, 15) is 18.3 Å². The molecule has 2 aromatic rings. The summed E-state index contributed by atoms with van der Waals surface area (Å²) < 4.78 is 30.5. The summed E-state index contributed by atoms with van der Waals surface area (Å²) in [6, 6.07) is 16.1. The quantitative estimate of drug-likeness (QED) is 0.491. The second-order valence-corrected chi connectivity index (χ2v) is 9.05. The van der Waals surface area contributed by atoms with Crippen molar-refractivity contribution in [3.05, 3.63) is 60.2 Å². The van der Waals surface area contributed by atoms with Crippen LogP contribution >= 0.6 is 11.8 Å². The van der Waals surface area contributed by atoms with Crippen molar-refractivity contribution >= 4 is 27.6 Å². The Morgan fingerprint density at radius 2 is 1.73 bits per heavy atom. The number of carboxylic acid groups (broad SMARTS) is 1. The molecule has 0 heterocycles. The van der Waals surface area contributed by atoms with Gasteiger partial charge in [0.1, 0.15) is 0 Å². The van der Waals surface area contributed by atoms with Crippen molar-refractivity contribution in [2.75, 3.05) is 19.0 Å². The van der Waals surface area contributed by atoms with E-state index in [4.69, 9.17) is 4.74 Å². The molecule has 2 aromatic carbocycles. The summed E-state index contributed by atoms with van der Waals surface area (Å²) in [6.07, 6.45) is -0.0818. The van der Waals surface area contributed by atoms with Gasteiger partial charge in [0.25, 0.3) is 0 Å². The zero-order valence-corrected chi connectivity index (χ0v) is 16.1. The van der Waals surface area contributed by atoms with Crippen LogP contribution in [0.15, 0.2) is 64.4 Å². The Morgan fingerprint density at radius 3 is 2.35 bits per heavy atom. The first kappa shape index (κ1) is 20.5. The van der Waals surface area contributed by atoms with E-state index >= 15 is 0 Å². The molecule has 0 aromatic heterocycles. The maximum atomic E-state index is 12.5. The number of hydrogen-bond donors (Lipinski definition) is 1. The Balaban J connectivity index is 1.84. The molecule has 0 bridgehead atoms. The van der Waals surface area contributed by atoms with Gasteiger partial charge in [-0.2, -0.15) is 0 Å². The maximum absolute atomic E-state index is 12.5. The lowest BCUT2D eigenvalue weighted by Crippen LogP contribution is -2.31. The average molecular weight is 395 g/mol. The number of hydrogen-bond acceptors (Lipinski definition) is 5. The highest BCUT2D eigenvalue weighted by Crippen LogP contribution is 2.20. The van der Waals surface area contributed by atoms with Gasteiger partial charge < -0.3 is 9.84 Å². The molecule has 5 nitrogen and oxygen atoms in total. The summed E-state index contributed by atoms with van der Waals surface area (Å²) >= 11 is 1.63. The Labute approximate surface area is 158 Å². The van der Waals surface area contributed by atoms with E-state index in [1.54, 1.807) is 23.9 Å². The molecular formula is C19H22O5S2. The molecule has 2 rings (SSSR count). The topological polar surface area (TPSA) is 80.7 Å². The Bertz CT molecular complexity index is 802. The minimum atomic E-state index is -3.94. The number of aryl methyl sites for hydroxylation is 1. The minimum Gasteiger partial charge on any atom is -0.480 e. The summed E-state index contributed by atoms with van der Waals surface area (Å²) in [7, 11) is -3.94. The van der Waals surface area contributed by atoms with Gasteiger partial charge in [-0.1, -0.05) is 35.9 Å². The van der Waals surface area contributed by atoms with Gasteiger partial charge in [-0.05, 0) is 37.6 Å². The smallest absolute Gasteiger partial charge is 0.322 e. The summed E-state index contributed by atoms with van der Waals surface area (Å²) in [6.45, 7) is 2.35. The van der Waals surface area contributed by atoms with Crippen LogP contribution < -0.4 is 0 Å². The summed E-state index contributed by atoms with van der Waals surface area (Å²) in [5.74, 6) is -0.639. The van der Waals surface area contributed by atoms with Crippen LogP contribution in [0, 0.1) is 6.92 Å². The second-order valence-electron chi connectivity index (χ2n) is 5.75. The number of carbonyl (C=O) groups is 1. The zero-order chi connectivity index (χ0) is 19.0. The fraction of sp³-hybridized carbons (Fsp3) is 0.316. The predicted molar refractivity (Wildman–Crippen MR) is 102 cm³/mol. The lowest BCUT2D eigenvalue weighted by atomic mass is 10.2. The van der Waals surface area contributed by atoms with Gasteiger partial charge in [-0.15, -0.1) is 11.8 Å². The molecule has 1 N–H and O–H groups in total. The van der Waals surface area contributed by atoms with Crippen LogP contribution in [0.3, 0.4) is 0 Å². The molecule has 0 saturated carbocycles. The number of sulfone groups is 1. The third kappa shape index (κ3) is 5.86. The number of rotatable bonds is 10. The summed E-state index contributed by atoms with van der Waals surface area (Å²) in [4.78, 5) is 12.6. The third-order valence-electron chi connectivity index (χ3n) is 3.76. The number of benzene rings is 2. The van der Waals surface area contributed by atoms with Crippen molar-refractivity contribution in [1.82, 2.24) is 0 Å². The van der Waals surface area contributed by atoms with Gasteiger partial charge in [0.15, 0.2) is 15.1 Å². The van der Waals surface area contributed by atoms with Gasteiger partial charge in [0, 0.05) is 17.3 Å². The molecule has 0 aliphatic carbocycles. The largest absolute Gasteiger partial charge is 0.480 e. The SMILES string of the molecule is Cc1ccc(S(=O)(=O)C(CCOCCSc2ccccc2)C(=O)O)cc1. The molecule has 26 heavy (non-hydrogen) atoms. The van der Waals surface area contributed by atoms with Gasteiger partial charge in [-0.3, -0.25) is 4.79 Å². The molecule has 0 fully saturated rings. The van der Waals surface area contributed by atoms with Crippen LogP contribution in [0.5, 0.6) is 0 Å². The predicted octanol–water partition coefficient (Wildman–Crippen LogP) is 3.42. The standard InChI is InChI=1S/C19H22O5S2/c1-15-7-9-17(10-8-15)26(22,23)18(19(20)21)11-12-24-13-14-25-16-5-3-2-4-6-16/h2-10,18H,11-14H2,1H3,(H,20,21). The molecule has 140 valence electrons. The first-order valence-electron chi connectivity index (χ1n) is 8.20. The second kappa shape index (κ2) is 9.75. The van der Waals surface area contributed by atoms with E-state index in [1.807, 2.05) is 37.3 Å². The molecule has 0 radical (unpaired) electrons. The average Bonchev–Trinajstić information content (AvgIpc) is 2.61. The highest BCUT2D eigenvalue weighted by Gasteiger charge is 2.33. The van der Waals surface area contributed by atoms with Crippen molar-refractivity contribution in [2.24, 2.45) is 0 Å². The molecule has 0 saturated heterocycles.